The van der Waals surface area contributed by atoms with Crippen LogP contribution < -0.4 is 10.2 Å². The number of aromatic amines is 1. The molecule has 11 aromatic rings. The van der Waals surface area contributed by atoms with Gasteiger partial charge in [0.25, 0.3) is 29.5 Å². The van der Waals surface area contributed by atoms with E-state index in [2.05, 4.69) is 55.1 Å². The molecule has 0 atom stereocenters. The lowest BCUT2D eigenvalue weighted by atomic mass is 9.71. The smallest absolute Gasteiger partial charge is 0.354 e. The molecule has 3 aliphatic heterocycles. The molecular weight excluding hydrogens is 1480 g/mol. The van der Waals surface area contributed by atoms with Gasteiger partial charge < -0.3 is 48.2 Å². The number of rotatable bonds is 10. The van der Waals surface area contributed by atoms with Gasteiger partial charge in [0.15, 0.2) is 34.0 Å². The Labute approximate surface area is 662 Å². The number of pyridine rings is 4. The number of amides is 6. The minimum absolute atomic E-state index is 0.0178. The Hall–Kier alpha value is -11.5. The number of carbonyl (C=O) groups excluding carboxylic acids is 6. The van der Waals surface area contributed by atoms with E-state index in [0.29, 0.717) is 93.4 Å². The van der Waals surface area contributed by atoms with E-state index in [-0.39, 0.29) is 111 Å². The normalized spacial score (nSPS) is 17.0. The Bertz CT molecular complexity index is 5610. The van der Waals surface area contributed by atoms with Crippen molar-refractivity contribution in [1.82, 2.24) is 55.0 Å². The van der Waals surface area contributed by atoms with Gasteiger partial charge in [-0.2, -0.15) is 5.10 Å². The third-order valence-electron chi connectivity index (χ3n) is 22.1. The molecule has 3 N–H and O–H groups in total. The fraction of sp³-hybridized carbons (Fsp3) is 0.379. The monoisotopic (exact) mass is 1570 g/mol. The zero-order valence-electron chi connectivity index (χ0n) is 66.5. The van der Waals surface area contributed by atoms with Crippen molar-refractivity contribution in [3.8, 4) is 33.8 Å². The Balaban J connectivity index is 0.000000150. The standard InChI is InChI=1S/C31H30ClFN4O5.C28H30FN5O3.C28H32FN3O3/c1-30(2,3)19-13-23(17-6-8-20(32)21(33)12-17)35-24-14-25(42-26(19)24)28(39)37-11-10-36(16-31(37,4)5)27(38)18-7-9-22(29(40)41)34-15-18;1-16-22(15-30-32-16)33-11-12-34(28(5,6)26(33)36)25(35)23-14-21-24(37-23)19(27(2,3)4)13-20(31-21)17-7-9-18(29)10-8-17;1-27(2)11-9-17(10-12-27)20-15-21(18-5-7-19(29)8-6-18)31-22-16-23(35-24(20)22)25(33)32-14-13-30-26(34)28(32,3)4/h6-9,12-15H,10-11,16H2,1-5H3,(H,40,41);7-10,13-15H,11-12H2,1-6H3,(H,30,32);5-8,15-17H,9-14H2,1-4H3,(H,30,34). The number of hydrogen-bond acceptors (Lipinski definition) is 15. The molecular formula is C87H92ClF3N12O11. The Morgan fingerprint density at radius 1 is 0.561 bits per heavy atom. The summed E-state index contributed by atoms with van der Waals surface area (Å²) in [5.74, 6) is -3.33. The summed E-state index contributed by atoms with van der Waals surface area (Å²) in [6, 6.07) is 30.4. The molecule has 114 heavy (non-hydrogen) atoms. The quantitative estimate of drug-likeness (QED) is 0.115. The summed E-state index contributed by atoms with van der Waals surface area (Å²) in [5, 5.41) is 18.8. The van der Waals surface area contributed by atoms with Crippen molar-refractivity contribution in [3.63, 3.8) is 0 Å². The van der Waals surface area contributed by atoms with E-state index in [1.54, 1.807) is 107 Å². The first-order chi connectivity index (χ1) is 53.6. The highest BCUT2D eigenvalue weighted by molar-refractivity contribution is 6.30. The molecule has 1 aliphatic carbocycles. The number of aryl methyl sites for hydroxylation is 1. The van der Waals surface area contributed by atoms with E-state index < -0.39 is 28.4 Å². The molecule has 11 heterocycles. The number of nitrogens with zero attached hydrogens (tertiary/aromatic N) is 10. The molecule has 3 saturated heterocycles. The van der Waals surface area contributed by atoms with Crippen molar-refractivity contribution >= 4 is 92.0 Å². The number of furan rings is 3. The van der Waals surface area contributed by atoms with Gasteiger partial charge in [-0.25, -0.2) is 37.9 Å². The van der Waals surface area contributed by atoms with Crippen LogP contribution in [0.15, 0.2) is 141 Å². The molecule has 1 saturated carbocycles. The molecule has 6 amide bonds. The highest BCUT2D eigenvalue weighted by Gasteiger charge is 2.48. The number of nitrogens with one attached hydrogen (secondary N) is 2. The SMILES string of the molecule is CC(C)(C)c1cc(-c2ccc(Cl)c(F)c2)nc2cc(C(=O)N3CCN(C(=O)c4ccc(C(=O)O)nc4)CC3(C)C)oc12.CC1(C)CCC(c2cc(-c3ccc(F)cc3)nc3cc(C(=O)N4CCNC(=O)C4(C)C)oc23)CC1.Cc1[nH]ncc1N1CCN(C(=O)c2cc3nc(-c4ccc(F)cc4)cc(C(C)(C)C)c3o2)C(C)(C)C1=O. The van der Waals surface area contributed by atoms with Crippen LogP contribution in [0.1, 0.15) is 203 Å². The molecule has 0 bridgehead atoms. The van der Waals surface area contributed by atoms with Gasteiger partial charge in [-0.05, 0) is 187 Å². The second-order valence-corrected chi connectivity index (χ2v) is 34.5. The minimum Gasteiger partial charge on any atom is -0.477 e. The van der Waals surface area contributed by atoms with Crippen molar-refractivity contribution < 1.29 is 65.1 Å². The van der Waals surface area contributed by atoms with Crippen LogP contribution in [-0.2, 0) is 20.4 Å². The van der Waals surface area contributed by atoms with Gasteiger partial charge in [-0.1, -0.05) is 73.1 Å². The van der Waals surface area contributed by atoms with E-state index >= 15 is 0 Å². The van der Waals surface area contributed by atoms with Gasteiger partial charge in [-0.3, -0.25) is 33.9 Å². The maximum Gasteiger partial charge on any atom is 0.354 e. The number of carboxylic acids is 1. The van der Waals surface area contributed by atoms with Crippen LogP contribution in [0.3, 0.4) is 0 Å². The number of benzene rings is 3. The molecule has 0 spiro atoms. The molecule has 3 aromatic carbocycles. The summed E-state index contributed by atoms with van der Waals surface area (Å²) in [4.78, 5) is 117. The van der Waals surface area contributed by atoms with E-state index in [9.17, 15) is 46.7 Å². The van der Waals surface area contributed by atoms with Gasteiger partial charge in [0, 0.05) is 104 Å². The van der Waals surface area contributed by atoms with Gasteiger partial charge in [0.1, 0.15) is 50.8 Å². The van der Waals surface area contributed by atoms with Gasteiger partial charge in [0.05, 0.1) is 50.8 Å². The molecule has 4 fully saturated rings. The van der Waals surface area contributed by atoms with Crippen LogP contribution in [-0.4, -0.2) is 159 Å². The first kappa shape index (κ1) is 80.5. The van der Waals surface area contributed by atoms with Crippen LogP contribution in [0, 0.1) is 29.8 Å². The van der Waals surface area contributed by atoms with E-state index in [4.69, 9.17) is 44.9 Å². The van der Waals surface area contributed by atoms with Crippen molar-refractivity contribution in [1.29, 1.82) is 0 Å². The number of piperazine rings is 3. The van der Waals surface area contributed by atoms with Crippen LogP contribution >= 0.6 is 11.6 Å². The Morgan fingerprint density at radius 3 is 1.54 bits per heavy atom. The number of hydrogen-bond donors (Lipinski definition) is 3. The number of carboxylic acid groups (broad SMARTS) is 1. The van der Waals surface area contributed by atoms with E-state index in [0.717, 1.165) is 64.9 Å². The lowest BCUT2D eigenvalue weighted by Crippen LogP contribution is -2.64. The second kappa shape index (κ2) is 30.4. The number of H-pyrrole nitrogens is 1. The van der Waals surface area contributed by atoms with Crippen LogP contribution in [0.25, 0.3) is 67.1 Å². The topological polar surface area (TPSA) is 288 Å². The molecule has 0 unspecified atom stereocenters. The highest BCUT2D eigenvalue weighted by atomic mass is 35.5. The van der Waals surface area contributed by atoms with Crippen molar-refractivity contribution in [3.05, 3.63) is 201 Å². The van der Waals surface area contributed by atoms with E-state index in [1.165, 1.54) is 54.7 Å². The molecule has 0 radical (unpaired) electrons. The van der Waals surface area contributed by atoms with Crippen molar-refractivity contribution in [2.45, 2.75) is 163 Å². The summed E-state index contributed by atoms with van der Waals surface area (Å²) in [6.07, 6.45) is 7.14. The average Bonchev–Trinajstić information content (AvgIpc) is 1.60. The number of aromatic nitrogens is 6. The Kier molecular flexibility index (Phi) is 21.5. The Morgan fingerprint density at radius 2 is 1.05 bits per heavy atom. The summed E-state index contributed by atoms with van der Waals surface area (Å²) in [5.41, 5.74) is 8.47. The predicted octanol–water partition coefficient (Wildman–Crippen LogP) is 17.0. The molecule has 594 valence electrons. The number of halogens is 4. The molecule has 23 nitrogen and oxygen atoms in total. The summed E-state index contributed by atoms with van der Waals surface area (Å²) >= 11 is 5.88. The van der Waals surface area contributed by atoms with Crippen molar-refractivity contribution in [2.75, 3.05) is 50.7 Å². The largest absolute Gasteiger partial charge is 0.477 e. The second-order valence-electron chi connectivity index (χ2n) is 34.1. The van der Waals surface area contributed by atoms with Crippen molar-refractivity contribution in [2.24, 2.45) is 5.41 Å². The number of anilines is 1. The first-order valence-electron chi connectivity index (χ1n) is 38.0. The fourth-order valence-corrected chi connectivity index (χ4v) is 15.4. The molecule has 15 rings (SSSR count). The minimum atomic E-state index is -1.17. The molecule has 8 aromatic heterocycles. The number of aromatic carboxylic acids is 1. The number of carbonyl (C=O) groups is 7. The summed E-state index contributed by atoms with van der Waals surface area (Å²) < 4.78 is 59.8. The zero-order chi connectivity index (χ0) is 82.2. The lowest BCUT2D eigenvalue weighted by Gasteiger charge is -2.46. The summed E-state index contributed by atoms with van der Waals surface area (Å²) in [6.45, 7) is 31.6. The average molecular weight is 1570 g/mol. The predicted molar refractivity (Wildman–Crippen MR) is 427 cm³/mol. The van der Waals surface area contributed by atoms with Crippen LogP contribution in [0.2, 0.25) is 5.02 Å². The van der Waals surface area contributed by atoms with Crippen LogP contribution in [0.4, 0.5) is 18.9 Å². The highest BCUT2D eigenvalue weighted by Crippen LogP contribution is 2.46. The van der Waals surface area contributed by atoms with Gasteiger partial charge >= 0.3 is 5.97 Å². The molecule has 4 aliphatic rings. The third-order valence-corrected chi connectivity index (χ3v) is 22.4. The number of fused-ring (bicyclic) bond motifs is 3. The zero-order valence-corrected chi connectivity index (χ0v) is 67.2. The van der Waals surface area contributed by atoms with Gasteiger partial charge in [0.2, 0.25) is 5.91 Å². The van der Waals surface area contributed by atoms with Gasteiger partial charge in [-0.15, -0.1) is 0 Å². The third kappa shape index (κ3) is 16.1. The maximum absolute atomic E-state index is 14.2. The first-order valence-corrected chi connectivity index (χ1v) is 38.3. The lowest BCUT2D eigenvalue weighted by molar-refractivity contribution is -0.133. The van der Waals surface area contributed by atoms with E-state index in [1.807, 2.05) is 59.7 Å². The fourth-order valence-electron chi connectivity index (χ4n) is 15.3. The maximum atomic E-state index is 14.2. The summed E-state index contributed by atoms with van der Waals surface area (Å²) in [7, 11) is 0. The molecule has 27 heteroatoms. The van der Waals surface area contributed by atoms with Crippen LogP contribution in [0.5, 0.6) is 0 Å².